The summed E-state index contributed by atoms with van der Waals surface area (Å²) < 4.78 is 0. The van der Waals surface area contributed by atoms with Crippen LogP contribution in [0.2, 0.25) is 0 Å². The Kier molecular flexibility index (Phi) is 3.26. The first-order valence-electron chi connectivity index (χ1n) is 6.82. The van der Waals surface area contributed by atoms with Gasteiger partial charge >= 0.3 is 0 Å². The number of hydrogen-bond donors (Lipinski definition) is 2. The van der Waals surface area contributed by atoms with Crippen LogP contribution in [0.1, 0.15) is 34.6 Å². The standard InChI is InChI=1S/C15H25N3/c1-6-17-11-7-12(9-16-8-11)18-10-13-14(2,3)15(13,4)5/h7-9,13,17-18H,6,10H2,1-5H3. The fourth-order valence-corrected chi connectivity index (χ4v) is 2.90. The quantitative estimate of drug-likeness (QED) is 0.834. The minimum atomic E-state index is 0.437. The molecule has 100 valence electrons. The molecule has 3 heteroatoms. The minimum absolute atomic E-state index is 0.437. The van der Waals surface area contributed by atoms with E-state index in [4.69, 9.17) is 0 Å². The zero-order valence-corrected chi connectivity index (χ0v) is 12.2. The second kappa shape index (κ2) is 4.45. The molecular formula is C15H25N3. The summed E-state index contributed by atoms with van der Waals surface area (Å²) in [5.41, 5.74) is 3.06. The molecule has 0 amide bonds. The first-order chi connectivity index (χ1) is 8.39. The summed E-state index contributed by atoms with van der Waals surface area (Å²) in [6.07, 6.45) is 3.75. The van der Waals surface area contributed by atoms with Gasteiger partial charge in [-0.1, -0.05) is 27.7 Å². The molecule has 0 spiro atoms. The summed E-state index contributed by atoms with van der Waals surface area (Å²) in [5.74, 6) is 0.729. The third kappa shape index (κ3) is 2.18. The van der Waals surface area contributed by atoms with Crippen LogP contribution in [0.25, 0.3) is 0 Å². The van der Waals surface area contributed by atoms with E-state index in [1.165, 1.54) is 0 Å². The molecule has 3 nitrogen and oxygen atoms in total. The Morgan fingerprint density at radius 3 is 2.11 bits per heavy atom. The summed E-state index contributed by atoms with van der Waals surface area (Å²) >= 11 is 0. The summed E-state index contributed by atoms with van der Waals surface area (Å²) in [6.45, 7) is 13.5. The van der Waals surface area contributed by atoms with Crippen LogP contribution in [0.5, 0.6) is 0 Å². The first-order valence-corrected chi connectivity index (χ1v) is 6.82. The number of nitrogens with zero attached hydrogens (tertiary/aromatic N) is 1. The SMILES string of the molecule is CCNc1cncc(NCC2C(C)(C)C2(C)C)c1. The highest BCUT2D eigenvalue weighted by Crippen LogP contribution is 2.68. The monoisotopic (exact) mass is 247 g/mol. The molecule has 1 aliphatic rings. The molecule has 0 bridgehead atoms. The lowest BCUT2D eigenvalue weighted by molar-refractivity contribution is 0.457. The normalized spacial score (nSPS) is 20.5. The number of anilines is 2. The lowest BCUT2D eigenvalue weighted by atomic mass is 10.0. The van der Waals surface area contributed by atoms with Crippen LogP contribution in [-0.2, 0) is 0 Å². The Hall–Kier alpha value is -1.25. The van der Waals surface area contributed by atoms with Gasteiger partial charge in [-0.25, -0.2) is 0 Å². The van der Waals surface area contributed by atoms with E-state index in [1.807, 2.05) is 12.4 Å². The molecule has 18 heavy (non-hydrogen) atoms. The van der Waals surface area contributed by atoms with E-state index in [0.29, 0.717) is 10.8 Å². The highest BCUT2D eigenvalue weighted by atomic mass is 14.9. The number of hydrogen-bond acceptors (Lipinski definition) is 3. The van der Waals surface area contributed by atoms with Crippen molar-refractivity contribution in [3.63, 3.8) is 0 Å². The molecular weight excluding hydrogens is 222 g/mol. The zero-order chi connectivity index (χ0) is 13.4. The third-order valence-electron chi connectivity index (χ3n) is 4.95. The molecule has 2 rings (SSSR count). The van der Waals surface area contributed by atoms with Crippen molar-refractivity contribution in [1.29, 1.82) is 0 Å². The minimum Gasteiger partial charge on any atom is -0.384 e. The highest BCUT2D eigenvalue weighted by Gasteiger charge is 2.63. The third-order valence-corrected chi connectivity index (χ3v) is 4.95. The van der Waals surface area contributed by atoms with E-state index < -0.39 is 0 Å². The van der Waals surface area contributed by atoms with Crippen LogP contribution in [0.3, 0.4) is 0 Å². The fraction of sp³-hybridized carbons (Fsp3) is 0.667. The molecule has 1 saturated carbocycles. The second-order valence-corrected chi connectivity index (χ2v) is 6.37. The van der Waals surface area contributed by atoms with Crippen LogP contribution in [-0.4, -0.2) is 18.1 Å². The number of rotatable bonds is 5. The van der Waals surface area contributed by atoms with Gasteiger partial charge < -0.3 is 10.6 Å². The van der Waals surface area contributed by atoms with Crippen molar-refractivity contribution in [2.45, 2.75) is 34.6 Å². The Balaban J connectivity index is 1.94. The number of nitrogens with one attached hydrogen (secondary N) is 2. The largest absolute Gasteiger partial charge is 0.384 e. The Morgan fingerprint density at radius 1 is 1.06 bits per heavy atom. The van der Waals surface area contributed by atoms with Crippen LogP contribution >= 0.6 is 0 Å². The van der Waals surface area contributed by atoms with E-state index in [-0.39, 0.29) is 0 Å². The predicted octanol–water partition coefficient (Wildman–Crippen LogP) is 3.61. The Labute approximate surface area is 110 Å². The van der Waals surface area contributed by atoms with Crippen molar-refractivity contribution in [3.8, 4) is 0 Å². The summed E-state index contributed by atoms with van der Waals surface area (Å²) in [7, 11) is 0. The van der Waals surface area contributed by atoms with Crippen molar-refractivity contribution in [3.05, 3.63) is 18.5 Å². The van der Waals surface area contributed by atoms with Crippen molar-refractivity contribution >= 4 is 11.4 Å². The lowest BCUT2D eigenvalue weighted by Gasteiger charge is -2.09. The summed E-state index contributed by atoms with van der Waals surface area (Å²) in [5, 5.41) is 6.80. The molecule has 0 aliphatic heterocycles. The van der Waals surface area contributed by atoms with Gasteiger partial charge in [0.1, 0.15) is 0 Å². The smallest absolute Gasteiger partial charge is 0.0547 e. The Morgan fingerprint density at radius 2 is 1.61 bits per heavy atom. The van der Waals surface area contributed by atoms with Crippen molar-refractivity contribution in [2.24, 2.45) is 16.7 Å². The number of pyridine rings is 1. The van der Waals surface area contributed by atoms with Crippen LogP contribution in [0, 0.1) is 16.7 Å². The van der Waals surface area contributed by atoms with Gasteiger partial charge in [0.25, 0.3) is 0 Å². The fourth-order valence-electron chi connectivity index (χ4n) is 2.90. The van der Waals surface area contributed by atoms with E-state index in [9.17, 15) is 0 Å². The predicted molar refractivity (Wildman–Crippen MR) is 77.9 cm³/mol. The molecule has 1 aliphatic carbocycles. The molecule has 0 radical (unpaired) electrons. The highest BCUT2D eigenvalue weighted by molar-refractivity contribution is 5.54. The van der Waals surface area contributed by atoms with Gasteiger partial charge in [0.05, 0.1) is 23.8 Å². The van der Waals surface area contributed by atoms with Gasteiger partial charge in [0.2, 0.25) is 0 Å². The van der Waals surface area contributed by atoms with Crippen LogP contribution in [0.4, 0.5) is 11.4 Å². The van der Waals surface area contributed by atoms with Gasteiger partial charge in [-0.15, -0.1) is 0 Å². The van der Waals surface area contributed by atoms with Crippen molar-refractivity contribution < 1.29 is 0 Å². The molecule has 0 unspecified atom stereocenters. The van der Waals surface area contributed by atoms with Gasteiger partial charge in [-0.3, -0.25) is 4.98 Å². The number of aromatic nitrogens is 1. The first kappa shape index (κ1) is 13.2. The maximum atomic E-state index is 4.25. The molecule has 0 saturated heterocycles. The second-order valence-electron chi connectivity index (χ2n) is 6.37. The van der Waals surface area contributed by atoms with E-state index in [2.05, 4.69) is 56.3 Å². The van der Waals surface area contributed by atoms with E-state index >= 15 is 0 Å². The van der Waals surface area contributed by atoms with Gasteiger partial charge in [0.15, 0.2) is 0 Å². The average Bonchev–Trinajstić information content (AvgIpc) is 2.68. The maximum absolute atomic E-state index is 4.25. The van der Waals surface area contributed by atoms with Crippen LogP contribution < -0.4 is 10.6 Å². The molecule has 2 N–H and O–H groups in total. The molecule has 1 aromatic rings. The van der Waals surface area contributed by atoms with E-state index in [0.717, 1.165) is 30.4 Å². The average molecular weight is 247 g/mol. The zero-order valence-electron chi connectivity index (χ0n) is 12.2. The summed E-state index contributed by atoms with van der Waals surface area (Å²) in [4.78, 5) is 4.25. The van der Waals surface area contributed by atoms with Crippen molar-refractivity contribution in [2.75, 3.05) is 23.7 Å². The van der Waals surface area contributed by atoms with Gasteiger partial charge in [-0.2, -0.15) is 0 Å². The molecule has 1 heterocycles. The lowest BCUT2D eigenvalue weighted by Crippen LogP contribution is -2.08. The molecule has 0 aromatic carbocycles. The van der Waals surface area contributed by atoms with E-state index in [1.54, 1.807) is 0 Å². The maximum Gasteiger partial charge on any atom is 0.0547 e. The molecule has 0 atom stereocenters. The van der Waals surface area contributed by atoms with Gasteiger partial charge in [0, 0.05) is 13.1 Å². The summed E-state index contributed by atoms with van der Waals surface area (Å²) in [6, 6.07) is 2.12. The van der Waals surface area contributed by atoms with Crippen molar-refractivity contribution in [1.82, 2.24) is 4.98 Å². The van der Waals surface area contributed by atoms with Gasteiger partial charge in [-0.05, 0) is 29.7 Å². The Bertz CT molecular complexity index is 410. The molecule has 1 fully saturated rings. The topological polar surface area (TPSA) is 37.0 Å². The van der Waals surface area contributed by atoms with Crippen LogP contribution in [0.15, 0.2) is 18.5 Å². The molecule has 1 aromatic heterocycles.